The molecule has 4 nitrogen and oxygen atoms in total. The van der Waals surface area contributed by atoms with E-state index in [-0.39, 0.29) is 5.91 Å². The summed E-state index contributed by atoms with van der Waals surface area (Å²) >= 11 is 6.10. The Labute approximate surface area is 156 Å². The van der Waals surface area contributed by atoms with Gasteiger partial charge in [0.25, 0.3) is 5.91 Å². The van der Waals surface area contributed by atoms with Gasteiger partial charge in [0.2, 0.25) is 0 Å². The predicted molar refractivity (Wildman–Crippen MR) is 103 cm³/mol. The smallest absolute Gasteiger partial charge is 0.261 e. The van der Waals surface area contributed by atoms with Gasteiger partial charge in [0.15, 0.2) is 6.10 Å². The Morgan fingerprint density at radius 2 is 2.00 bits per heavy atom. The van der Waals surface area contributed by atoms with Gasteiger partial charge in [0.1, 0.15) is 5.75 Å². The minimum Gasteiger partial charge on any atom is -0.479 e. The van der Waals surface area contributed by atoms with Gasteiger partial charge in [0.05, 0.1) is 5.02 Å². The Morgan fingerprint density at radius 1 is 1.32 bits per heavy atom. The average molecular weight is 367 g/mol. The van der Waals surface area contributed by atoms with Gasteiger partial charge in [-0.3, -0.25) is 4.79 Å². The van der Waals surface area contributed by atoms with Gasteiger partial charge in [-0.2, -0.15) is 0 Å². The van der Waals surface area contributed by atoms with Crippen LogP contribution in [0.4, 0.5) is 0 Å². The Balaban J connectivity index is 1.72. The summed E-state index contributed by atoms with van der Waals surface area (Å²) in [4.78, 5) is 14.9. The number of carbonyl (C=O) groups is 1. The van der Waals surface area contributed by atoms with Crippen LogP contribution in [0, 0.1) is 11.8 Å². The molecule has 1 amide bonds. The maximum atomic E-state index is 12.4. The lowest BCUT2D eigenvalue weighted by atomic mass is 9.92. The molecule has 3 atom stereocenters. The van der Waals surface area contributed by atoms with Crippen LogP contribution in [0.15, 0.2) is 24.3 Å². The topological polar surface area (TPSA) is 41.6 Å². The number of piperidine rings is 1. The molecule has 0 bridgehead atoms. The highest BCUT2D eigenvalue weighted by Crippen LogP contribution is 2.25. The molecule has 1 aromatic rings. The van der Waals surface area contributed by atoms with Crippen LogP contribution in [0.25, 0.3) is 0 Å². The SMILES string of the molecule is CC[C@H](Oc1ccccc1Cl)C(=O)NCCCN1C[C@H](C)C[C@@H](C)C1. The fourth-order valence-electron chi connectivity index (χ4n) is 3.62. The van der Waals surface area contributed by atoms with Gasteiger partial charge < -0.3 is 15.0 Å². The molecule has 1 N–H and O–H groups in total. The minimum atomic E-state index is -0.505. The molecule has 1 fully saturated rings. The molecular weight excluding hydrogens is 336 g/mol. The molecule has 2 rings (SSSR count). The van der Waals surface area contributed by atoms with Crippen LogP contribution in [0.3, 0.4) is 0 Å². The average Bonchev–Trinajstić information content (AvgIpc) is 2.57. The maximum absolute atomic E-state index is 12.4. The van der Waals surface area contributed by atoms with Gasteiger partial charge in [-0.15, -0.1) is 0 Å². The number of amides is 1. The lowest BCUT2D eigenvalue weighted by molar-refractivity contribution is -0.128. The number of ether oxygens (including phenoxy) is 1. The van der Waals surface area contributed by atoms with Crippen molar-refractivity contribution in [3.8, 4) is 5.75 Å². The van der Waals surface area contributed by atoms with E-state index in [1.54, 1.807) is 12.1 Å². The number of para-hydroxylation sites is 1. The minimum absolute atomic E-state index is 0.0669. The zero-order chi connectivity index (χ0) is 18.2. The number of hydrogen-bond donors (Lipinski definition) is 1. The Hall–Kier alpha value is -1.26. The highest BCUT2D eigenvalue weighted by atomic mass is 35.5. The summed E-state index contributed by atoms with van der Waals surface area (Å²) < 4.78 is 5.78. The summed E-state index contributed by atoms with van der Waals surface area (Å²) in [6, 6.07) is 7.25. The van der Waals surface area contributed by atoms with Gasteiger partial charge in [0, 0.05) is 19.6 Å². The molecule has 140 valence electrons. The number of likely N-dealkylation sites (tertiary alicyclic amines) is 1. The summed E-state index contributed by atoms with van der Waals surface area (Å²) in [5.41, 5.74) is 0. The van der Waals surface area contributed by atoms with Crippen molar-refractivity contribution in [3.05, 3.63) is 29.3 Å². The second kappa shape index (κ2) is 10.0. The first-order valence-electron chi connectivity index (χ1n) is 9.40. The predicted octanol–water partition coefficient (Wildman–Crippen LogP) is 3.98. The molecule has 5 heteroatoms. The van der Waals surface area contributed by atoms with E-state index in [4.69, 9.17) is 16.3 Å². The third-order valence-electron chi connectivity index (χ3n) is 4.66. The molecule has 0 saturated carbocycles. The molecule has 0 unspecified atom stereocenters. The van der Waals surface area contributed by atoms with Crippen LogP contribution in [0.2, 0.25) is 5.02 Å². The van der Waals surface area contributed by atoms with E-state index in [0.717, 1.165) is 24.8 Å². The number of nitrogens with zero attached hydrogens (tertiary/aromatic N) is 1. The number of hydrogen-bond acceptors (Lipinski definition) is 3. The zero-order valence-corrected chi connectivity index (χ0v) is 16.4. The Morgan fingerprint density at radius 3 is 2.64 bits per heavy atom. The highest BCUT2D eigenvalue weighted by molar-refractivity contribution is 6.32. The molecule has 1 heterocycles. The largest absolute Gasteiger partial charge is 0.479 e. The molecule has 0 aromatic heterocycles. The van der Waals surface area contributed by atoms with E-state index < -0.39 is 6.10 Å². The molecule has 1 aromatic carbocycles. The number of rotatable bonds is 8. The van der Waals surface area contributed by atoms with Gasteiger partial charge in [-0.05, 0) is 49.8 Å². The van der Waals surface area contributed by atoms with Crippen molar-refractivity contribution in [2.75, 3.05) is 26.2 Å². The van der Waals surface area contributed by atoms with Crippen LogP contribution >= 0.6 is 11.6 Å². The number of benzene rings is 1. The van der Waals surface area contributed by atoms with Crippen molar-refractivity contribution in [2.24, 2.45) is 11.8 Å². The van der Waals surface area contributed by atoms with Crippen molar-refractivity contribution >= 4 is 17.5 Å². The van der Waals surface area contributed by atoms with Crippen molar-refractivity contribution < 1.29 is 9.53 Å². The van der Waals surface area contributed by atoms with E-state index in [2.05, 4.69) is 24.1 Å². The lowest BCUT2D eigenvalue weighted by Crippen LogP contribution is -2.41. The first-order chi connectivity index (χ1) is 12.0. The first-order valence-corrected chi connectivity index (χ1v) is 9.78. The highest BCUT2D eigenvalue weighted by Gasteiger charge is 2.22. The van der Waals surface area contributed by atoms with E-state index in [9.17, 15) is 4.79 Å². The Kier molecular flexibility index (Phi) is 8.04. The van der Waals surface area contributed by atoms with Gasteiger partial charge >= 0.3 is 0 Å². The lowest BCUT2D eigenvalue weighted by Gasteiger charge is -2.35. The fourth-order valence-corrected chi connectivity index (χ4v) is 3.80. The number of carbonyl (C=O) groups excluding carboxylic acids is 1. The van der Waals surface area contributed by atoms with Gasteiger partial charge in [-0.25, -0.2) is 0 Å². The first kappa shape index (κ1) is 20.1. The van der Waals surface area contributed by atoms with Crippen molar-refractivity contribution in [3.63, 3.8) is 0 Å². The molecule has 1 saturated heterocycles. The Bertz CT molecular complexity index is 542. The van der Waals surface area contributed by atoms with Crippen LogP contribution in [-0.2, 0) is 4.79 Å². The molecule has 0 aliphatic carbocycles. The molecule has 25 heavy (non-hydrogen) atoms. The third-order valence-corrected chi connectivity index (χ3v) is 4.98. The van der Waals surface area contributed by atoms with E-state index in [0.29, 0.717) is 23.7 Å². The number of halogens is 1. The van der Waals surface area contributed by atoms with Crippen molar-refractivity contribution in [2.45, 2.75) is 46.1 Å². The molecular formula is C20H31ClN2O2. The fraction of sp³-hybridized carbons (Fsp3) is 0.650. The van der Waals surface area contributed by atoms with Crippen molar-refractivity contribution in [1.82, 2.24) is 10.2 Å². The monoisotopic (exact) mass is 366 g/mol. The standard InChI is InChI=1S/C20H31ClN2O2/c1-4-18(25-19-9-6-5-8-17(19)21)20(24)22-10-7-11-23-13-15(2)12-16(3)14-23/h5-6,8-9,15-16,18H,4,7,10-14H2,1-3H3,(H,22,24)/t15-,16-,18+/m1/s1. The summed E-state index contributed by atoms with van der Waals surface area (Å²) in [5, 5.41) is 3.53. The van der Waals surface area contributed by atoms with Gasteiger partial charge in [-0.1, -0.05) is 44.5 Å². The van der Waals surface area contributed by atoms with E-state index >= 15 is 0 Å². The third kappa shape index (κ3) is 6.52. The zero-order valence-electron chi connectivity index (χ0n) is 15.6. The van der Waals surface area contributed by atoms with Crippen LogP contribution < -0.4 is 10.1 Å². The number of nitrogens with one attached hydrogen (secondary N) is 1. The van der Waals surface area contributed by atoms with E-state index in [1.165, 1.54) is 19.5 Å². The second-order valence-electron chi connectivity index (χ2n) is 7.30. The summed E-state index contributed by atoms with van der Waals surface area (Å²) in [7, 11) is 0. The van der Waals surface area contributed by atoms with Crippen LogP contribution in [-0.4, -0.2) is 43.1 Å². The normalized spacial score (nSPS) is 22.4. The molecule has 0 spiro atoms. The van der Waals surface area contributed by atoms with Crippen molar-refractivity contribution in [1.29, 1.82) is 0 Å². The summed E-state index contributed by atoms with van der Waals surface area (Å²) in [6.07, 6.45) is 2.39. The van der Waals surface area contributed by atoms with Crippen LogP contribution in [0.5, 0.6) is 5.75 Å². The van der Waals surface area contributed by atoms with E-state index in [1.807, 2.05) is 19.1 Å². The van der Waals surface area contributed by atoms with Crippen LogP contribution in [0.1, 0.15) is 40.0 Å². The molecule has 0 radical (unpaired) electrons. The maximum Gasteiger partial charge on any atom is 0.261 e. The summed E-state index contributed by atoms with van der Waals surface area (Å²) in [5.74, 6) is 2.03. The second-order valence-corrected chi connectivity index (χ2v) is 7.70. The summed E-state index contributed by atoms with van der Waals surface area (Å²) in [6.45, 7) is 10.6. The molecule has 1 aliphatic rings. The molecule has 1 aliphatic heterocycles. The quantitative estimate of drug-likeness (QED) is 0.707.